The van der Waals surface area contributed by atoms with E-state index in [-0.39, 0.29) is 15.6 Å². The van der Waals surface area contributed by atoms with Gasteiger partial charge in [-0.1, -0.05) is 6.07 Å². The number of aryl methyl sites for hydroxylation is 1. The maximum atomic E-state index is 13.5. The summed E-state index contributed by atoms with van der Waals surface area (Å²) in [7, 11) is -3.42. The summed E-state index contributed by atoms with van der Waals surface area (Å²) < 4.78 is 41.7. The van der Waals surface area contributed by atoms with E-state index >= 15 is 0 Å². The Balaban J connectivity index is 2.03. The first kappa shape index (κ1) is 16.4. The monoisotopic (exact) mass is 343 g/mol. The average Bonchev–Trinajstić information content (AvgIpc) is 2.88. The highest BCUT2D eigenvalue weighted by Crippen LogP contribution is 2.27. The van der Waals surface area contributed by atoms with Crippen molar-refractivity contribution in [3.63, 3.8) is 0 Å². The third-order valence-electron chi connectivity index (χ3n) is 2.73. The third kappa shape index (κ3) is 4.05. The fraction of sp³-hybridized carbons (Fsp3) is 0.214. The van der Waals surface area contributed by atoms with Gasteiger partial charge in [-0.25, -0.2) is 12.8 Å². The van der Waals surface area contributed by atoms with Crippen LogP contribution < -0.4 is 10.1 Å². The average molecular weight is 343 g/mol. The van der Waals surface area contributed by atoms with E-state index in [2.05, 4.69) is 5.32 Å². The van der Waals surface area contributed by atoms with Crippen LogP contribution in [0.4, 0.5) is 9.39 Å². The molecule has 2 aromatic rings. The van der Waals surface area contributed by atoms with Gasteiger partial charge in [-0.05, 0) is 36.1 Å². The van der Waals surface area contributed by atoms with E-state index in [1.54, 1.807) is 18.4 Å². The molecule has 0 saturated heterocycles. The van der Waals surface area contributed by atoms with Crippen molar-refractivity contribution in [2.75, 3.05) is 18.2 Å². The van der Waals surface area contributed by atoms with Crippen LogP contribution in [0.5, 0.6) is 5.75 Å². The summed E-state index contributed by atoms with van der Waals surface area (Å²) in [6, 6.07) is 5.74. The van der Waals surface area contributed by atoms with Crippen molar-refractivity contribution in [3.8, 4) is 5.75 Å². The predicted molar refractivity (Wildman–Crippen MR) is 82.7 cm³/mol. The van der Waals surface area contributed by atoms with Gasteiger partial charge >= 0.3 is 0 Å². The molecule has 1 amide bonds. The number of hydrogen-bond acceptors (Lipinski definition) is 5. The Hall–Kier alpha value is -1.93. The molecule has 0 saturated carbocycles. The van der Waals surface area contributed by atoms with E-state index in [0.717, 1.165) is 23.2 Å². The van der Waals surface area contributed by atoms with Crippen LogP contribution in [0.15, 0.2) is 34.5 Å². The van der Waals surface area contributed by atoms with Crippen molar-refractivity contribution >= 4 is 32.1 Å². The minimum atomic E-state index is -3.42. The number of halogens is 1. The molecule has 0 aliphatic heterocycles. The lowest BCUT2D eigenvalue weighted by molar-refractivity contribution is -0.118. The second-order valence-corrected chi connectivity index (χ2v) is 7.56. The van der Waals surface area contributed by atoms with Gasteiger partial charge in [0.05, 0.1) is 0 Å². The van der Waals surface area contributed by atoms with Crippen LogP contribution in [-0.4, -0.2) is 27.2 Å². The lowest BCUT2D eigenvalue weighted by Gasteiger charge is -2.09. The first-order valence-electron chi connectivity index (χ1n) is 6.24. The molecule has 5 nitrogen and oxygen atoms in total. The summed E-state index contributed by atoms with van der Waals surface area (Å²) in [6.07, 6.45) is 1.06. The van der Waals surface area contributed by atoms with E-state index in [1.165, 1.54) is 18.2 Å². The minimum absolute atomic E-state index is 0.0235. The molecule has 0 aliphatic rings. The molecule has 22 heavy (non-hydrogen) atoms. The zero-order chi connectivity index (χ0) is 16.3. The molecule has 0 spiro atoms. The quantitative estimate of drug-likeness (QED) is 0.906. The van der Waals surface area contributed by atoms with Crippen molar-refractivity contribution < 1.29 is 22.3 Å². The molecule has 0 fully saturated rings. The van der Waals surface area contributed by atoms with E-state index in [0.29, 0.717) is 0 Å². The summed E-state index contributed by atoms with van der Waals surface area (Å²) in [5, 5.41) is 4.24. The van der Waals surface area contributed by atoms with Crippen LogP contribution in [0.3, 0.4) is 0 Å². The number of hydrogen-bond donors (Lipinski definition) is 1. The molecule has 0 bridgehead atoms. The molecule has 0 unspecified atom stereocenters. The Morgan fingerprint density at radius 3 is 2.77 bits per heavy atom. The lowest BCUT2D eigenvalue weighted by Crippen LogP contribution is -2.20. The summed E-state index contributed by atoms with van der Waals surface area (Å²) in [6.45, 7) is 1.36. The second-order valence-electron chi connectivity index (χ2n) is 4.66. The number of rotatable bonds is 5. The topological polar surface area (TPSA) is 72.5 Å². The zero-order valence-corrected chi connectivity index (χ0v) is 13.6. The van der Waals surface area contributed by atoms with Gasteiger partial charge in [0.1, 0.15) is 9.90 Å². The SMILES string of the molecule is Cc1ccc(F)c(OCC(=O)Nc2sccc2S(C)(=O)=O)c1. The van der Waals surface area contributed by atoms with Crippen molar-refractivity contribution in [2.45, 2.75) is 11.8 Å². The van der Waals surface area contributed by atoms with E-state index < -0.39 is 28.2 Å². The number of anilines is 1. The standard InChI is InChI=1S/C14H14FNO4S2/c1-9-3-4-10(15)11(7-9)20-8-13(17)16-14-12(5-6-21-14)22(2,18)19/h3-7H,8H2,1-2H3,(H,16,17). The molecular formula is C14H14FNO4S2. The Morgan fingerprint density at radius 2 is 2.09 bits per heavy atom. The minimum Gasteiger partial charge on any atom is -0.481 e. The first-order valence-corrected chi connectivity index (χ1v) is 9.01. The molecule has 8 heteroatoms. The molecule has 0 radical (unpaired) electrons. The van der Waals surface area contributed by atoms with Crippen LogP contribution >= 0.6 is 11.3 Å². The van der Waals surface area contributed by atoms with Gasteiger partial charge in [0.2, 0.25) is 0 Å². The fourth-order valence-corrected chi connectivity index (χ4v) is 3.79. The maximum Gasteiger partial charge on any atom is 0.262 e. The number of ether oxygens (including phenoxy) is 1. The van der Waals surface area contributed by atoms with E-state index in [4.69, 9.17) is 4.74 Å². The Labute approximate surface area is 131 Å². The number of sulfone groups is 1. The van der Waals surface area contributed by atoms with E-state index in [1.807, 2.05) is 0 Å². The molecule has 118 valence electrons. The molecule has 1 N–H and O–H groups in total. The molecular weight excluding hydrogens is 329 g/mol. The number of amides is 1. The Kier molecular flexibility index (Phi) is 4.82. The van der Waals surface area contributed by atoms with Gasteiger partial charge in [-0.3, -0.25) is 4.79 Å². The number of nitrogens with one attached hydrogen (secondary N) is 1. The molecule has 1 aromatic heterocycles. The van der Waals surface area contributed by atoms with Crippen molar-refractivity contribution in [3.05, 3.63) is 41.0 Å². The predicted octanol–water partition coefficient (Wildman–Crippen LogP) is 2.62. The van der Waals surface area contributed by atoms with Crippen LogP contribution in [0.25, 0.3) is 0 Å². The lowest BCUT2D eigenvalue weighted by atomic mass is 10.2. The van der Waals surface area contributed by atoms with Gasteiger partial charge < -0.3 is 10.1 Å². The highest BCUT2D eigenvalue weighted by molar-refractivity contribution is 7.91. The highest BCUT2D eigenvalue weighted by Gasteiger charge is 2.17. The Bertz CT molecular complexity index is 799. The van der Waals surface area contributed by atoms with Gasteiger partial charge in [0, 0.05) is 6.26 Å². The van der Waals surface area contributed by atoms with Crippen molar-refractivity contribution in [2.24, 2.45) is 0 Å². The largest absolute Gasteiger partial charge is 0.481 e. The van der Waals surface area contributed by atoms with Crippen molar-refractivity contribution in [1.29, 1.82) is 0 Å². The van der Waals surface area contributed by atoms with Gasteiger partial charge in [-0.15, -0.1) is 11.3 Å². The molecule has 1 aromatic carbocycles. The Morgan fingerprint density at radius 1 is 1.36 bits per heavy atom. The van der Waals surface area contributed by atoms with Crippen LogP contribution in [0.1, 0.15) is 5.56 Å². The van der Waals surface area contributed by atoms with Crippen LogP contribution in [-0.2, 0) is 14.6 Å². The van der Waals surface area contributed by atoms with Crippen LogP contribution in [0, 0.1) is 12.7 Å². The highest BCUT2D eigenvalue weighted by atomic mass is 32.2. The molecule has 0 aliphatic carbocycles. The summed E-state index contributed by atoms with van der Waals surface area (Å²) in [4.78, 5) is 11.9. The van der Waals surface area contributed by atoms with Gasteiger partial charge in [0.15, 0.2) is 28.0 Å². The van der Waals surface area contributed by atoms with E-state index in [9.17, 15) is 17.6 Å². The third-order valence-corrected chi connectivity index (χ3v) is 4.83. The zero-order valence-electron chi connectivity index (χ0n) is 11.9. The smallest absolute Gasteiger partial charge is 0.262 e. The number of benzene rings is 1. The maximum absolute atomic E-state index is 13.5. The normalized spacial score (nSPS) is 11.2. The number of carbonyl (C=O) groups excluding carboxylic acids is 1. The molecule has 2 rings (SSSR count). The number of carbonyl (C=O) groups is 1. The molecule has 1 heterocycles. The van der Waals surface area contributed by atoms with Crippen LogP contribution in [0.2, 0.25) is 0 Å². The second kappa shape index (κ2) is 6.45. The van der Waals surface area contributed by atoms with Gasteiger partial charge in [0.25, 0.3) is 5.91 Å². The van der Waals surface area contributed by atoms with Crippen molar-refractivity contribution in [1.82, 2.24) is 0 Å². The fourth-order valence-electron chi connectivity index (χ4n) is 1.71. The molecule has 0 atom stereocenters. The summed E-state index contributed by atoms with van der Waals surface area (Å²) in [5.74, 6) is -1.15. The van der Waals surface area contributed by atoms with Gasteiger partial charge in [-0.2, -0.15) is 0 Å². The number of thiophene rings is 1. The first-order chi connectivity index (χ1) is 10.3. The summed E-state index contributed by atoms with van der Waals surface area (Å²) >= 11 is 1.09. The summed E-state index contributed by atoms with van der Waals surface area (Å²) in [5.41, 5.74) is 0.800.